The zero-order valence-electron chi connectivity index (χ0n) is 13.3. The largest absolute Gasteiger partial charge is 0.478 e. The van der Waals surface area contributed by atoms with E-state index in [9.17, 15) is 29.4 Å². The lowest BCUT2D eigenvalue weighted by Crippen LogP contribution is -2.21. The van der Waals surface area contributed by atoms with Gasteiger partial charge in [-0.2, -0.15) is 0 Å². The number of ether oxygens (including phenoxy) is 1. The number of aromatic carboxylic acids is 2. The number of nitrogens with zero attached hydrogens (tertiary/aromatic N) is 2. The third kappa shape index (κ3) is 4.57. The summed E-state index contributed by atoms with van der Waals surface area (Å²) in [5.74, 6) is -5.80. The van der Waals surface area contributed by atoms with E-state index < -0.39 is 46.4 Å². The fourth-order valence-electron chi connectivity index (χ4n) is 1.99. The van der Waals surface area contributed by atoms with Crippen LogP contribution in [0.1, 0.15) is 52.8 Å². The van der Waals surface area contributed by atoms with Gasteiger partial charge < -0.3 is 14.9 Å². The number of aromatic nitrogens is 2. The Morgan fingerprint density at radius 3 is 1.48 bits per heavy atom. The van der Waals surface area contributed by atoms with Crippen LogP contribution in [0.5, 0.6) is 0 Å². The van der Waals surface area contributed by atoms with Gasteiger partial charge in [-0.25, -0.2) is 29.1 Å². The molecule has 0 aromatic carbocycles. The summed E-state index contributed by atoms with van der Waals surface area (Å²) in [6.45, 7) is 0. The Morgan fingerprint density at radius 1 is 0.815 bits per heavy atom. The van der Waals surface area contributed by atoms with Crippen molar-refractivity contribution >= 4 is 47.1 Å². The quantitative estimate of drug-likeness (QED) is 0.414. The van der Waals surface area contributed by atoms with Gasteiger partial charge in [0.15, 0.2) is 11.4 Å². The SMILES string of the molecule is O=C(O)c1cc(CCl)cnc1C(=O)OC(=O)c1ncc(CCl)cc1C(=O)O. The molecule has 0 fully saturated rings. The van der Waals surface area contributed by atoms with E-state index in [1.165, 1.54) is 0 Å². The number of hydrogen-bond acceptors (Lipinski definition) is 7. The highest BCUT2D eigenvalue weighted by Gasteiger charge is 2.26. The number of carbonyl (C=O) groups is 4. The second kappa shape index (κ2) is 8.56. The van der Waals surface area contributed by atoms with Crippen molar-refractivity contribution in [2.24, 2.45) is 0 Å². The minimum absolute atomic E-state index is 0.0413. The molecule has 0 spiro atoms. The molecule has 9 nitrogen and oxygen atoms in total. The normalized spacial score (nSPS) is 10.3. The van der Waals surface area contributed by atoms with Crippen molar-refractivity contribution in [2.45, 2.75) is 11.8 Å². The predicted octanol–water partition coefficient (Wildman–Crippen LogP) is 2.35. The molecule has 0 aliphatic heterocycles. The molecule has 0 bridgehead atoms. The molecule has 0 aliphatic carbocycles. The average Bonchev–Trinajstić information content (AvgIpc) is 2.66. The average molecular weight is 413 g/mol. The van der Waals surface area contributed by atoms with Gasteiger partial charge in [-0.15, -0.1) is 23.2 Å². The second-order valence-corrected chi connectivity index (χ2v) is 5.57. The molecule has 2 rings (SSSR count). The molecule has 2 aromatic heterocycles. The summed E-state index contributed by atoms with van der Waals surface area (Å²) in [5.41, 5.74) is -1.64. The number of hydrogen-bond donors (Lipinski definition) is 2. The first-order valence-electron chi connectivity index (χ1n) is 7.11. The summed E-state index contributed by atoms with van der Waals surface area (Å²) in [6.07, 6.45) is 2.30. The van der Waals surface area contributed by atoms with Crippen molar-refractivity contribution in [3.8, 4) is 0 Å². The minimum atomic E-state index is -1.48. The van der Waals surface area contributed by atoms with Crippen molar-refractivity contribution in [1.29, 1.82) is 0 Å². The Hall–Kier alpha value is -3.04. The van der Waals surface area contributed by atoms with Crippen LogP contribution in [0.3, 0.4) is 0 Å². The third-order valence-corrected chi connectivity index (χ3v) is 3.85. The van der Waals surface area contributed by atoms with Gasteiger partial charge in [-0.05, 0) is 23.3 Å². The van der Waals surface area contributed by atoms with Crippen LogP contribution in [-0.2, 0) is 16.5 Å². The van der Waals surface area contributed by atoms with Crippen molar-refractivity contribution in [3.63, 3.8) is 0 Å². The van der Waals surface area contributed by atoms with Gasteiger partial charge in [0.05, 0.1) is 11.1 Å². The molecule has 0 aliphatic rings. The first-order chi connectivity index (χ1) is 12.8. The van der Waals surface area contributed by atoms with E-state index in [0.717, 1.165) is 24.5 Å². The molecular formula is C16H10Cl2N2O7. The van der Waals surface area contributed by atoms with Gasteiger partial charge in [0.2, 0.25) is 0 Å². The molecular weight excluding hydrogens is 403 g/mol. The van der Waals surface area contributed by atoms with E-state index >= 15 is 0 Å². The molecule has 2 aromatic rings. The Kier molecular flexibility index (Phi) is 6.43. The van der Waals surface area contributed by atoms with Crippen LogP contribution < -0.4 is 0 Å². The maximum Gasteiger partial charge on any atom is 0.365 e. The highest BCUT2D eigenvalue weighted by atomic mass is 35.5. The molecule has 2 heterocycles. The molecule has 0 saturated carbocycles. The van der Waals surface area contributed by atoms with E-state index in [4.69, 9.17) is 23.2 Å². The van der Waals surface area contributed by atoms with E-state index in [1.807, 2.05) is 0 Å². The number of halogens is 2. The van der Waals surface area contributed by atoms with Crippen molar-refractivity contribution in [1.82, 2.24) is 9.97 Å². The molecule has 140 valence electrons. The smallest absolute Gasteiger partial charge is 0.365 e. The summed E-state index contributed by atoms with van der Waals surface area (Å²) < 4.78 is 4.56. The highest BCUT2D eigenvalue weighted by molar-refractivity contribution is 6.17. The first-order valence-corrected chi connectivity index (χ1v) is 8.18. The van der Waals surface area contributed by atoms with Crippen molar-refractivity contribution < 1.29 is 34.1 Å². The Labute approximate surface area is 161 Å². The molecule has 11 heteroatoms. The summed E-state index contributed by atoms with van der Waals surface area (Å²) in [7, 11) is 0. The summed E-state index contributed by atoms with van der Waals surface area (Å²) in [4.78, 5) is 54.2. The van der Waals surface area contributed by atoms with Gasteiger partial charge in [-0.3, -0.25) is 0 Å². The summed E-state index contributed by atoms with van der Waals surface area (Å²) in [6, 6.07) is 2.22. The minimum Gasteiger partial charge on any atom is -0.478 e. The number of esters is 2. The topological polar surface area (TPSA) is 144 Å². The number of pyridine rings is 2. The number of alkyl halides is 2. The third-order valence-electron chi connectivity index (χ3n) is 3.23. The Morgan fingerprint density at radius 2 is 1.19 bits per heavy atom. The van der Waals surface area contributed by atoms with Crippen LogP contribution >= 0.6 is 23.2 Å². The van der Waals surface area contributed by atoms with Gasteiger partial charge in [0.1, 0.15) is 0 Å². The van der Waals surface area contributed by atoms with Crippen molar-refractivity contribution in [3.05, 3.63) is 58.2 Å². The fraction of sp³-hybridized carbons (Fsp3) is 0.125. The zero-order valence-corrected chi connectivity index (χ0v) is 14.8. The number of rotatable bonds is 6. The van der Waals surface area contributed by atoms with Crippen molar-refractivity contribution in [2.75, 3.05) is 0 Å². The van der Waals surface area contributed by atoms with Crippen LogP contribution in [0.15, 0.2) is 24.5 Å². The summed E-state index contributed by atoms with van der Waals surface area (Å²) in [5, 5.41) is 18.4. The Balaban J connectivity index is 2.35. The molecule has 0 atom stereocenters. The maximum absolute atomic E-state index is 12.2. The molecule has 27 heavy (non-hydrogen) atoms. The second-order valence-electron chi connectivity index (χ2n) is 5.03. The number of carboxylic acids is 2. The molecule has 2 N–H and O–H groups in total. The van der Waals surface area contributed by atoms with Gasteiger partial charge in [0.25, 0.3) is 0 Å². The lowest BCUT2D eigenvalue weighted by Gasteiger charge is -2.08. The summed E-state index contributed by atoms with van der Waals surface area (Å²) >= 11 is 11.2. The number of carbonyl (C=O) groups excluding carboxylic acids is 2. The van der Waals surface area contributed by atoms with Gasteiger partial charge in [0, 0.05) is 24.2 Å². The lowest BCUT2D eigenvalue weighted by atomic mass is 10.1. The van der Waals surface area contributed by atoms with Gasteiger partial charge in [-0.1, -0.05) is 0 Å². The predicted molar refractivity (Wildman–Crippen MR) is 91.3 cm³/mol. The maximum atomic E-state index is 12.2. The van der Waals surface area contributed by atoms with E-state index in [1.54, 1.807) is 0 Å². The molecule has 0 unspecified atom stereocenters. The van der Waals surface area contributed by atoms with E-state index in [0.29, 0.717) is 11.1 Å². The Bertz CT molecular complexity index is 871. The van der Waals surface area contributed by atoms with Crippen LogP contribution in [0.25, 0.3) is 0 Å². The van der Waals surface area contributed by atoms with Gasteiger partial charge >= 0.3 is 23.9 Å². The standard InChI is InChI=1S/C16H10Cl2N2O7/c17-3-7-1-9(13(21)22)11(19-5-7)15(25)27-16(26)12-10(14(23)24)2-8(4-18)6-20-12/h1-2,5-6H,3-4H2,(H,21,22)(H,23,24). The zero-order chi connectivity index (χ0) is 20.1. The lowest BCUT2D eigenvalue weighted by molar-refractivity contribution is 0.0378. The van der Waals surface area contributed by atoms with Crippen LogP contribution in [0.2, 0.25) is 0 Å². The van der Waals surface area contributed by atoms with Crippen LogP contribution in [0.4, 0.5) is 0 Å². The molecule has 0 saturated heterocycles. The van der Waals surface area contributed by atoms with Crippen LogP contribution in [-0.4, -0.2) is 44.1 Å². The fourth-order valence-corrected chi connectivity index (χ4v) is 2.29. The van der Waals surface area contributed by atoms with E-state index in [-0.39, 0.29) is 11.8 Å². The molecule has 0 radical (unpaired) electrons. The monoisotopic (exact) mass is 412 g/mol. The molecule has 0 amide bonds. The first kappa shape index (κ1) is 20.3. The highest BCUT2D eigenvalue weighted by Crippen LogP contribution is 2.16. The van der Waals surface area contributed by atoms with E-state index in [2.05, 4.69) is 14.7 Å². The van der Waals surface area contributed by atoms with Crippen LogP contribution in [0, 0.1) is 0 Å². The number of carboxylic acid groups (broad SMARTS) is 2.